The lowest BCUT2D eigenvalue weighted by Crippen LogP contribution is -2.55. The maximum atomic E-state index is 13.9. The van der Waals surface area contributed by atoms with Gasteiger partial charge in [-0.2, -0.15) is 4.31 Å². The molecule has 0 bridgehead atoms. The number of morpholine rings is 1. The van der Waals surface area contributed by atoms with E-state index < -0.39 is 38.3 Å². The number of nitrogens with zero attached hydrogens (tertiary/aromatic N) is 1. The molecule has 0 aromatic heterocycles. The summed E-state index contributed by atoms with van der Waals surface area (Å²) < 4.78 is 64.3. The minimum absolute atomic E-state index is 0.0234. The van der Waals surface area contributed by atoms with E-state index in [0.29, 0.717) is 0 Å². The van der Waals surface area contributed by atoms with Gasteiger partial charge in [-0.15, -0.1) is 0 Å². The van der Waals surface area contributed by atoms with E-state index in [9.17, 15) is 17.2 Å². The zero-order valence-corrected chi connectivity index (χ0v) is 13.5. The maximum Gasteiger partial charge on any atom is 0.246 e. The number of hydrogen-bond donors (Lipinski definition) is 0. The molecular weight excluding hydrogens is 316 g/mol. The molecule has 1 aliphatic heterocycles. The smallest absolute Gasteiger partial charge is 0.246 e. The topological polar surface area (TPSA) is 55.8 Å². The molecule has 1 aromatic carbocycles. The van der Waals surface area contributed by atoms with Gasteiger partial charge in [-0.3, -0.25) is 0 Å². The Morgan fingerprint density at radius 3 is 2.73 bits per heavy atom. The molecular formula is C14H19F2NO4S. The minimum atomic E-state index is -4.15. The summed E-state index contributed by atoms with van der Waals surface area (Å²) in [7, 11) is -2.67. The number of halogens is 2. The molecule has 22 heavy (non-hydrogen) atoms. The minimum Gasteiger partial charge on any atom is -0.382 e. The van der Waals surface area contributed by atoms with Gasteiger partial charge in [0.05, 0.1) is 18.3 Å². The SMILES string of the molecule is COC[C@H]1CN(S(=O)(=O)c2cccc(F)c2F)CC(C)(C)O1. The third-order valence-corrected chi connectivity index (χ3v) is 5.17. The van der Waals surface area contributed by atoms with Crippen LogP contribution in [0.4, 0.5) is 8.78 Å². The summed E-state index contributed by atoms with van der Waals surface area (Å²) in [5.41, 5.74) is -0.752. The molecule has 124 valence electrons. The molecule has 0 N–H and O–H groups in total. The Hall–Kier alpha value is -1.09. The van der Waals surface area contributed by atoms with E-state index in [1.807, 2.05) is 0 Å². The first kappa shape index (κ1) is 17.3. The monoisotopic (exact) mass is 335 g/mol. The van der Waals surface area contributed by atoms with Crippen LogP contribution >= 0.6 is 0 Å². The van der Waals surface area contributed by atoms with Crippen LogP contribution in [-0.4, -0.2) is 51.2 Å². The fraction of sp³-hybridized carbons (Fsp3) is 0.571. The van der Waals surface area contributed by atoms with E-state index in [-0.39, 0.29) is 19.7 Å². The third kappa shape index (κ3) is 3.45. The van der Waals surface area contributed by atoms with Crippen LogP contribution in [-0.2, 0) is 19.5 Å². The van der Waals surface area contributed by atoms with Gasteiger partial charge in [0.15, 0.2) is 11.6 Å². The molecule has 1 fully saturated rings. The van der Waals surface area contributed by atoms with Gasteiger partial charge in [0.2, 0.25) is 10.0 Å². The van der Waals surface area contributed by atoms with Crippen LogP contribution in [0.2, 0.25) is 0 Å². The van der Waals surface area contributed by atoms with Gasteiger partial charge >= 0.3 is 0 Å². The van der Waals surface area contributed by atoms with Crippen molar-refractivity contribution in [2.24, 2.45) is 0 Å². The summed E-state index contributed by atoms with van der Waals surface area (Å²) in [5.74, 6) is -2.56. The van der Waals surface area contributed by atoms with Crippen LogP contribution in [0.1, 0.15) is 13.8 Å². The number of sulfonamides is 1. The molecule has 0 aliphatic carbocycles. The standard InChI is InChI=1S/C14H19F2NO4S/c1-14(2)9-17(7-10(21-14)8-20-3)22(18,19)12-6-4-5-11(15)13(12)16/h4-6,10H,7-9H2,1-3H3/t10-/m1/s1. The Morgan fingerprint density at radius 1 is 1.41 bits per heavy atom. The molecule has 2 rings (SSSR count). The van der Waals surface area contributed by atoms with Gasteiger partial charge in [-0.1, -0.05) is 6.07 Å². The third-order valence-electron chi connectivity index (χ3n) is 3.34. The highest BCUT2D eigenvalue weighted by Gasteiger charge is 2.40. The van der Waals surface area contributed by atoms with Gasteiger partial charge in [-0.05, 0) is 26.0 Å². The van der Waals surface area contributed by atoms with Gasteiger partial charge in [0.25, 0.3) is 0 Å². The molecule has 1 aliphatic rings. The van der Waals surface area contributed by atoms with Gasteiger partial charge < -0.3 is 9.47 Å². The maximum absolute atomic E-state index is 13.9. The molecule has 0 amide bonds. The van der Waals surface area contributed by atoms with Crippen molar-refractivity contribution in [1.29, 1.82) is 0 Å². The van der Waals surface area contributed by atoms with Crippen LogP contribution in [0.25, 0.3) is 0 Å². The highest BCUT2D eigenvalue weighted by atomic mass is 32.2. The molecule has 0 spiro atoms. The van der Waals surface area contributed by atoms with Crippen LogP contribution in [0, 0.1) is 11.6 Å². The van der Waals surface area contributed by atoms with Crippen LogP contribution in [0.15, 0.2) is 23.1 Å². The Balaban J connectivity index is 2.37. The first-order valence-corrected chi connectivity index (χ1v) is 8.22. The summed E-state index contributed by atoms with van der Waals surface area (Å²) in [6, 6.07) is 3.11. The van der Waals surface area contributed by atoms with Gasteiger partial charge in [0, 0.05) is 20.2 Å². The molecule has 0 unspecified atom stereocenters. The molecule has 0 saturated carbocycles. The second-order valence-corrected chi connectivity index (χ2v) is 7.71. The van der Waals surface area contributed by atoms with E-state index in [2.05, 4.69) is 0 Å². The Kier molecular flexibility index (Phi) is 4.86. The van der Waals surface area contributed by atoms with Crippen LogP contribution < -0.4 is 0 Å². The summed E-state index contributed by atoms with van der Waals surface area (Å²) in [6.07, 6.45) is -0.472. The average Bonchev–Trinajstić information content (AvgIpc) is 2.40. The zero-order chi connectivity index (χ0) is 16.5. The number of methoxy groups -OCH3 is 1. The number of rotatable bonds is 4. The lowest BCUT2D eigenvalue weighted by molar-refractivity contribution is -0.135. The van der Waals surface area contributed by atoms with Crippen molar-refractivity contribution in [1.82, 2.24) is 4.31 Å². The molecule has 5 nitrogen and oxygen atoms in total. The van der Waals surface area contributed by atoms with Crippen molar-refractivity contribution in [3.05, 3.63) is 29.8 Å². The van der Waals surface area contributed by atoms with Gasteiger partial charge in [-0.25, -0.2) is 17.2 Å². The predicted octanol–water partition coefficient (Wildman–Crippen LogP) is 1.78. The second kappa shape index (κ2) is 6.19. The summed E-state index contributed by atoms with van der Waals surface area (Å²) in [5, 5.41) is 0. The fourth-order valence-corrected chi connectivity index (χ4v) is 4.22. The fourth-order valence-electron chi connectivity index (χ4n) is 2.52. The lowest BCUT2D eigenvalue weighted by Gasteiger charge is -2.41. The summed E-state index contributed by atoms with van der Waals surface area (Å²) in [6.45, 7) is 3.75. The quantitative estimate of drug-likeness (QED) is 0.842. The Labute approximate surface area is 128 Å². The lowest BCUT2D eigenvalue weighted by atomic mass is 10.1. The van der Waals surface area contributed by atoms with E-state index in [1.165, 1.54) is 13.2 Å². The first-order chi connectivity index (χ1) is 10.2. The predicted molar refractivity (Wildman–Crippen MR) is 75.9 cm³/mol. The molecule has 8 heteroatoms. The Morgan fingerprint density at radius 2 is 2.09 bits per heavy atom. The number of ether oxygens (including phenoxy) is 2. The van der Waals surface area contributed by atoms with E-state index in [0.717, 1.165) is 16.4 Å². The Bertz CT molecular complexity index is 648. The molecule has 1 aromatic rings. The normalized spacial score (nSPS) is 22.7. The highest BCUT2D eigenvalue weighted by molar-refractivity contribution is 7.89. The van der Waals surface area contributed by atoms with Crippen molar-refractivity contribution in [2.75, 3.05) is 26.8 Å². The van der Waals surface area contributed by atoms with Crippen molar-refractivity contribution in [2.45, 2.75) is 30.4 Å². The van der Waals surface area contributed by atoms with Crippen molar-refractivity contribution in [3.63, 3.8) is 0 Å². The molecule has 1 saturated heterocycles. The zero-order valence-electron chi connectivity index (χ0n) is 12.7. The molecule has 0 radical (unpaired) electrons. The van der Waals surface area contributed by atoms with Crippen LogP contribution in [0.3, 0.4) is 0 Å². The van der Waals surface area contributed by atoms with Crippen molar-refractivity contribution in [3.8, 4) is 0 Å². The largest absolute Gasteiger partial charge is 0.382 e. The molecule has 1 atom stereocenters. The second-order valence-electron chi connectivity index (χ2n) is 5.80. The average molecular weight is 335 g/mol. The molecule has 1 heterocycles. The van der Waals surface area contributed by atoms with Gasteiger partial charge in [0.1, 0.15) is 4.90 Å². The van der Waals surface area contributed by atoms with E-state index >= 15 is 0 Å². The first-order valence-electron chi connectivity index (χ1n) is 6.78. The summed E-state index contributed by atoms with van der Waals surface area (Å²) >= 11 is 0. The van der Waals surface area contributed by atoms with E-state index in [4.69, 9.17) is 9.47 Å². The highest BCUT2D eigenvalue weighted by Crippen LogP contribution is 2.28. The van der Waals surface area contributed by atoms with Crippen molar-refractivity contribution >= 4 is 10.0 Å². The number of hydrogen-bond acceptors (Lipinski definition) is 4. The van der Waals surface area contributed by atoms with E-state index in [1.54, 1.807) is 13.8 Å². The van der Waals surface area contributed by atoms with Crippen molar-refractivity contribution < 1.29 is 26.7 Å². The van der Waals surface area contributed by atoms with Crippen LogP contribution in [0.5, 0.6) is 0 Å². The number of benzene rings is 1. The summed E-state index contributed by atoms with van der Waals surface area (Å²) in [4.78, 5) is -0.665.